The second-order valence-electron chi connectivity index (χ2n) is 5.72. The fourth-order valence-electron chi connectivity index (χ4n) is 2.50. The van der Waals surface area contributed by atoms with Crippen LogP contribution >= 0.6 is 0 Å². The molecule has 0 radical (unpaired) electrons. The number of hydrogen-bond acceptors (Lipinski definition) is 6. The summed E-state index contributed by atoms with van der Waals surface area (Å²) in [6, 6.07) is 19.1. The molecular weight excluding hydrogens is 366 g/mol. The summed E-state index contributed by atoms with van der Waals surface area (Å²) in [5.41, 5.74) is 1.34. The first-order valence-corrected chi connectivity index (χ1v) is 9.62. The zero-order chi connectivity index (χ0) is 18.7. The van der Waals surface area contributed by atoms with E-state index in [2.05, 4.69) is 14.9 Å². The molecule has 1 N–H and O–H groups in total. The van der Waals surface area contributed by atoms with Crippen LogP contribution in [0.1, 0.15) is 5.76 Å². The third-order valence-electron chi connectivity index (χ3n) is 3.87. The molecule has 0 bridgehead atoms. The van der Waals surface area contributed by atoms with Gasteiger partial charge in [-0.05, 0) is 30.3 Å². The van der Waals surface area contributed by atoms with Crippen molar-refractivity contribution in [1.29, 1.82) is 0 Å². The van der Waals surface area contributed by atoms with Gasteiger partial charge in [0.15, 0.2) is 0 Å². The molecule has 7 nitrogen and oxygen atoms in total. The minimum Gasteiger partial charge on any atom is -0.468 e. The maximum atomic E-state index is 12.5. The van der Waals surface area contributed by atoms with Crippen LogP contribution in [0.4, 0.5) is 0 Å². The average molecular weight is 381 g/mol. The largest absolute Gasteiger partial charge is 0.468 e. The molecule has 0 spiro atoms. The van der Waals surface area contributed by atoms with E-state index >= 15 is 0 Å². The molecule has 0 unspecified atom stereocenters. The first-order valence-electron chi connectivity index (χ1n) is 8.13. The number of nitrogens with zero attached hydrogens (tertiary/aromatic N) is 2. The van der Waals surface area contributed by atoms with Crippen LogP contribution in [0, 0.1) is 0 Å². The molecule has 8 heteroatoms. The summed E-state index contributed by atoms with van der Waals surface area (Å²) in [5, 5.41) is 3.96. The van der Waals surface area contributed by atoms with Crippen molar-refractivity contribution in [3.63, 3.8) is 0 Å². The molecule has 0 aliphatic heterocycles. The lowest BCUT2D eigenvalue weighted by Crippen LogP contribution is -2.23. The van der Waals surface area contributed by atoms with Gasteiger partial charge in [0.1, 0.15) is 5.76 Å². The second-order valence-corrected chi connectivity index (χ2v) is 7.49. The zero-order valence-electron chi connectivity index (χ0n) is 14.1. The van der Waals surface area contributed by atoms with Crippen molar-refractivity contribution in [1.82, 2.24) is 14.9 Å². The van der Waals surface area contributed by atoms with E-state index in [1.165, 1.54) is 18.4 Å². The minimum absolute atomic E-state index is 0.0677. The normalized spacial score (nSPS) is 11.6. The quantitative estimate of drug-likeness (QED) is 0.549. The molecule has 27 heavy (non-hydrogen) atoms. The summed E-state index contributed by atoms with van der Waals surface area (Å²) >= 11 is 0. The highest BCUT2D eigenvalue weighted by Gasteiger charge is 2.17. The molecule has 0 amide bonds. The molecule has 0 aliphatic carbocycles. The molecule has 136 valence electrons. The maximum Gasteiger partial charge on any atom is 0.258 e. The van der Waals surface area contributed by atoms with Gasteiger partial charge in [0.25, 0.3) is 5.89 Å². The molecule has 2 heterocycles. The van der Waals surface area contributed by atoms with E-state index in [4.69, 9.17) is 8.94 Å². The zero-order valence-corrected chi connectivity index (χ0v) is 14.9. The van der Waals surface area contributed by atoms with E-state index in [9.17, 15) is 8.42 Å². The number of sulfonamides is 1. The lowest BCUT2D eigenvalue weighted by Gasteiger charge is -2.06. The molecule has 0 fully saturated rings. The van der Waals surface area contributed by atoms with Gasteiger partial charge < -0.3 is 8.94 Å². The highest BCUT2D eigenvalue weighted by molar-refractivity contribution is 7.89. The van der Waals surface area contributed by atoms with Gasteiger partial charge in [-0.15, -0.1) is 0 Å². The van der Waals surface area contributed by atoms with E-state index in [-0.39, 0.29) is 17.3 Å². The topological polar surface area (TPSA) is 98.2 Å². The van der Waals surface area contributed by atoms with Gasteiger partial charge in [0, 0.05) is 11.1 Å². The Morgan fingerprint density at radius 3 is 2.52 bits per heavy atom. The Morgan fingerprint density at radius 1 is 0.926 bits per heavy atom. The second kappa shape index (κ2) is 7.18. The van der Waals surface area contributed by atoms with Crippen molar-refractivity contribution >= 4 is 10.0 Å². The van der Waals surface area contributed by atoms with Gasteiger partial charge in [0.2, 0.25) is 15.8 Å². The van der Waals surface area contributed by atoms with Crippen molar-refractivity contribution in [2.24, 2.45) is 0 Å². The number of rotatable bonds is 6. The molecule has 0 saturated heterocycles. The molecule has 2 aromatic carbocycles. The third kappa shape index (κ3) is 3.81. The number of hydrogen-bond donors (Lipinski definition) is 1. The van der Waals surface area contributed by atoms with E-state index in [1.807, 2.05) is 30.3 Å². The van der Waals surface area contributed by atoms with E-state index in [0.29, 0.717) is 17.1 Å². The molecule has 0 saturated carbocycles. The fraction of sp³-hybridized carbons (Fsp3) is 0.0526. The smallest absolute Gasteiger partial charge is 0.258 e. The van der Waals surface area contributed by atoms with E-state index in [1.54, 1.807) is 24.3 Å². The number of aromatic nitrogens is 2. The van der Waals surface area contributed by atoms with Crippen LogP contribution in [0.25, 0.3) is 22.8 Å². The number of benzene rings is 2. The highest BCUT2D eigenvalue weighted by atomic mass is 32.2. The lowest BCUT2D eigenvalue weighted by atomic mass is 10.2. The summed E-state index contributed by atoms with van der Waals surface area (Å²) in [4.78, 5) is 4.46. The Bertz CT molecular complexity index is 1140. The predicted molar refractivity (Wildman–Crippen MR) is 97.9 cm³/mol. The highest BCUT2D eigenvalue weighted by Crippen LogP contribution is 2.24. The summed E-state index contributed by atoms with van der Waals surface area (Å²) in [6.07, 6.45) is 1.49. The first kappa shape index (κ1) is 17.2. The van der Waals surface area contributed by atoms with Crippen LogP contribution in [0.15, 0.2) is 86.8 Å². The summed E-state index contributed by atoms with van der Waals surface area (Å²) < 4.78 is 38.0. The standard InChI is InChI=1S/C19H15N3O4S/c23-27(24,20-13-16-9-5-11-25-16)17-10-4-8-15(12-17)19-21-18(22-26-19)14-6-2-1-3-7-14/h1-12,20H,13H2. The van der Waals surface area contributed by atoms with Crippen LogP contribution in [0.2, 0.25) is 0 Å². The monoisotopic (exact) mass is 381 g/mol. The van der Waals surface area contributed by atoms with E-state index in [0.717, 1.165) is 5.56 Å². The van der Waals surface area contributed by atoms with Crippen molar-refractivity contribution < 1.29 is 17.4 Å². The minimum atomic E-state index is -3.71. The third-order valence-corrected chi connectivity index (χ3v) is 5.26. The van der Waals surface area contributed by atoms with Gasteiger partial charge in [-0.3, -0.25) is 0 Å². The predicted octanol–water partition coefficient (Wildman–Crippen LogP) is 3.48. The van der Waals surface area contributed by atoms with E-state index < -0.39 is 10.0 Å². The van der Waals surface area contributed by atoms with Crippen LogP contribution in [0.3, 0.4) is 0 Å². The van der Waals surface area contributed by atoms with Crippen molar-refractivity contribution in [2.75, 3.05) is 0 Å². The Morgan fingerprint density at radius 2 is 1.74 bits per heavy atom. The Labute approximate surface area is 155 Å². The molecule has 4 aromatic rings. The van der Waals surface area contributed by atoms with Gasteiger partial charge in [-0.1, -0.05) is 41.6 Å². The number of nitrogens with one attached hydrogen (secondary N) is 1. The Hall–Kier alpha value is -3.23. The van der Waals surface area contributed by atoms with Crippen molar-refractivity contribution in [3.05, 3.63) is 78.8 Å². The molecular formula is C19H15N3O4S. The molecule has 2 aromatic heterocycles. The summed E-state index contributed by atoms with van der Waals surface area (Å²) in [6.45, 7) is 0.0677. The molecule has 4 rings (SSSR count). The number of furan rings is 1. The van der Waals surface area contributed by atoms with Gasteiger partial charge in [-0.2, -0.15) is 4.98 Å². The van der Waals surface area contributed by atoms with Crippen LogP contribution in [-0.4, -0.2) is 18.6 Å². The van der Waals surface area contributed by atoms with Crippen molar-refractivity contribution in [2.45, 2.75) is 11.4 Å². The van der Waals surface area contributed by atoms with Crippen LogP contribution in [-0.2, 0) is 16.6 Å². The Kier molecular flexibility index (Phi) is 4.57. The molecule has 0 aliphatic rings. The average Bonchev–Trinajstić information content (AvgIpc) is 3.39. The van der Waals surface area contributed by atoms with Gasteiger partial charge >= 0.3 is 0 Å². The SMILES string of the molecule is O=S(=O)(NCc1ccco1)c1cccc(-c2nc(-c3ccccc3)no2)c1. The van der Waals surface area contributed by atoms with Gasteiger partial charge in [-0.25, -0.2) is 13.1 Å². The first-order chi connectivity index (χ1) is 13.1. The van der Waals surface area contributed by atoms with Crippen molar-refractivity contribution in [3.8, 4) is 22.8 Å². The lowest BCUT2D eigenvalue weighted by molar-refractivity contribution is 0.432. The fourth-order valence-corrected chi connectivity index (χ4v) is 3.54. The van der Waals surface area contributed by atoms with Crippen LogP contribution in [0.5, 0.6) is 0 Å². The summed E-state index contributed by atoms with van der Waals surface area (Å²) in [7, 11) is -3.71. The van der Waals surface area contributed by atoms with Crippen LogP contribution < -0.4 is 4.72 Å². The Balaban J connectivity index is 1.58. The maximum absolute atomic E-state index is 12.5. The molecule has 0 atom stereocenters. The van der Waals surface area contributed by atoms with Gasteiger partial charge in [0.05, 0.1) is 17.7 Å². The summed E-state index contributed by atoms with van der Waals surface area (Å²) in [5.74, 6) is 1.21.